The van der Waals surface area contributed by atoms with Gasteiger partial charge in [-0.05, 0) is 36.2 Å². The summed E-state index contributed by atoms with van der Waals surface area (Å²) in [5, 5.41) is 12.6. The van der Waals surface area contributed by atoms with E-state index in [1.807, 2.05) is 12.1 Å². The minimum absolute atomic E-state index is 0.0322. The summed E-state index contributed by atoms with van der Waals surface area (Å²) in [5.41, 5.74) is 1.95. The van der Waals surface area contributed by atoms with Gasteiger partial charge < -0.3 is 10.4 Å². The highest BCUT2D eigenvalue weighted by Gasteiger charge is 2.11. The Morgan fingerprint density at radius 2 is 2.00 bits per heavy atom. The van der Waals surface area contributed by atoms with E-state index in [9.17, 15) is 9.90 Å². The lowest BCUT2D eigenvalue weighted by Gasteiger charge is -2.08. The van der Waals surface area contributed by atoms with Crippen LogP contribution in [0.15, 0.2) is 42.7 Å². The predicted octanol–water partition coefficient (Wildman–Crippen LogP) is 2.03. The molecule has 4 heteroatoms. The van der Waals surface area contributed by atoms with Gasteiger partial charge in [-0.15, -0.1) is 0 Å². The molecule has 0 spiro atoms. The van der Waals surface area contributed by atoms with E-state index >= 15 is 0 Å². The van der Waals surface area contributed by atoms with E-state index in [4.69, 9.17) is 0 Å². The first-order valence-corrected chi connectivity index (χ1v) is 5.64. The highest BCUT2D eigenvalue weighted by atomic mass is 16.3. The topological polar surface area (TPSA) is 62.2 Å². The van der Waals surface area contributed by atoms with Crippen molar-refractivity contribution in [2.24, 2.45) is 0 Å². The van der Waals surface area contributed by atoms with Crippen LogP contribution in [0.3, 0.4) is 0 Å². The zero-order valence-electron chi connectivity index (χ0n) is 10.1. The summed E-state index contributed by atoms with van der Waals surface area (Å²) in [4.78, 5) is 15.8. The normalized spacial score (nSPS) is 10.1. The van der Waals surface area contributed by atoms with Gasteiger partial charge in [-0.25, -0.2) is 0 Å². The number of aromatic hydroxyl groups is 1. The minimum atomic E-state index is -0.284. The molecule has 0 saturated heterocycles. The molecule has 1 heterocycles. The number of phenols is 1. The maximum atomic E-state index is 11.9. The second-order valence-electron chi connectivity index (χ2n) is 4.01. The van der Waals surface area contributed by atoms with Crippen molar-refractivity contribution < 1.29 is 9.90 Å². The molecule has 0 aliphatic carbocycles. The third-order valence-corrected chi connectivity index (χ3v) is 2.68. The second-order valence-corrected chi connectivity index (χ2v) is 4.01. The first-order chi connectivity index (χ1) is 8.68. The average Bonchev–Trinajstić information content (AvgIpc) is 2.40. The van der Waals surface area contributed by atoms with Gasteiger partial charge in [-0.3, -0.25) is 9.78 Å². The monoisotopic (exact) mass is 242 g/mol. The van der Waals surface area contributed by atoms with Gasteiger partial charge in [-0.1, -0.05) is 12.1 Å². The van der Waals surface area contributed by atoms with Crippen LogP contribution in [0, 0.1) is 6.92 Å². The van der Waals surface area contributed by atoms with Gasteiger partial charge in [0, 0.05) is 18.9 Å². The summed E-state index contributed by atoms with van der Waals surface area (Å²) < 4.78 is 0. The lowest BCUT2D eigenvalue weighted by Crippen LogP contribution is -2.22. The molecule has 0 aliphatic heterocycles. The molecule has 4 nitrogen and oxygen atoms in total. The van der Waals surface area contributed by atoms with E-state index < -0.39 is 0 Å². The van der Waals surface area contributed by atoms with E-state index in [0.29, 0.717) is 17.7 Å². The highest BCUT2D eigenvalue weighted by molar-refractivity contribution is 5.97. The summed E-state index contributed by atoms with van der Waals surface area (Å²) in [6.07, 6.45) is 3.34. The van der Waals surface area contributed by atoms with Crippen LogP contribution in [0.5, 0.6) is 5.75 Å². The molecule has 2 N–H and O–H groups in total. The maximum absolute atomic E-state index is 11.9. The smallest absolute Gasteiger partial charge is 0.255 e. The minimum Gasteiger partial charge on any atom is -0.507 e. The zero-order valence-corrected chi connectivity index (χ0v) is 10.1. The van der Waals surface area contributed by atoms with Crippen LogP contribution in [0.1, 0.15) is 21.5 Å². The van der Waals surface area contributed by atoms with Crippen LogP contribution in [0.4, 0.5) is 0 Å². The van der Waals surface area contributed by atoms with Gasteiger partial charge in [0.25, 0.3) is 5.91 Å². The average molecular weight is 242 g/mol. The second kappa shape index (κ2) is 5.31. The molecule has 2 aromatic rings. The van der Waals surface area contributed by atoms with Crippen molar-refractivity contribution in [1.82, 2.24) is 10.3 Å². The number of phenolic OH excluding ortho intramolecular Hbond substituents is 1. The molecule has 0 unspecified atom stereocenters. The molecule has 0 atom stereocenters. The van der Waals surface area contributed by atoms with Crippen LogP contribution < -0.4 is 5.32 Å². The van der Waals surface area contributed by atoms with Gasteiger partial charge in [0.15, 0.2) is 0 Å². The van der Waals surface area contributed by atoms with Gasteiger partial charge >= 0.3 is 0 Å². The number of aromatic nitrogens is 1. The number of carbonyl (C=O) groups is 1. The van der Waals surface area contributed by atoms with E-state index in [1.165, 1.54) is 0 Å². The molecule has 1 aromatic heterocycles. The van der Waals surface area contributed by atoms with Crippen LogP contribution in [-0.2, 0) is 6.54 Å². The number of rotatable bonds is 3. The van der Waals surface area contributed by atoms with E-state index in [0.717, 1.165) is 5.56 Å². The molecule has 0 bridgehead atoms. The molecule has 0 aliphatic rings. The summed E-state index contributed by atoms with van der Waals surface area (Å²) in [7, 11) is 0. The third kappa shape index (κ3) is 2.66. The highest BCUT2D eigenvalue weighted by Crippen LogP contribution is 2.21. The fraction of sp³-hybridized carbons (Fsp3) is 0.143. The lowest BCUT2D eigenvalue weighted by molar-refractivity contribution is 0.0948. The molecule has 92 valence electrons. The van der Waals surface area contributed by atoms with Crippen molar-refractivity contribution >= 4 is 5.91 Å². The van der Waals surface area contributed by atoms with Crippen molar-refractivity contribution in [2.75, 3.05) is 0 Å². The summed E-state index contributed by atoms with van der Waals surface area (Å²) in [6, 6.07) is 8.77. The van der Waals surface area contributed by atoms with Crippen molar-refractivity contribution in [3.63, 3.8) is 0 Å². The number of amides is 1. The van der Waals surface area contributed by atoms with Crippen LogP contribution in [0.2, 0.25) is 0 Å². The molecule has 18 heavy (non-hydrogen) atoms. The maximum Gasteiger partial charge on any atom is 0.255 e. The Morgan fingerprint density at radius 3 is 2.72 bits per heavy atom. The number of benzene rings is 1. The number of carbonyl (C=O) groups excluding carboxylic acids is 1. The Morgan fingerprint density at radius 1 is 1.28 bits per heavy atom. The number of para-hydroxylation sites is 1. The predicted molar refractivity (Wildman–Crippen MR) is 68.3 cm³/mol. The number of hydrogen-bond donors (Lipinski definition) is 2. The van der Waals surface area contributed by atoms with Crippen LogP contribution in [0.25, 0.3) is 0 Å². The fourth-order valence-electron chi connectivity index (χ4n) is 1.62. The Labute approximate surface area is 105 Å². The number of hydrogen-bond acceptors (Lipinski definition) is 3. The molecule has 2 rings (SSSR count). The lowest BCUT2D eigenvalue weighted by atomic mass is 10.1. The molecule has 0 saturated carbocycles. The summed E-state index contributed by atoms with van der Waals surface area (Å²) in [5.74, 6) is -0.252. The number of aryl methyl sites for hydroxylation is 1. The van der Waals surface area contributed by atoms with Gasteiger partial charge in [-0.2, -0.15) is 0 Å². The van der Waals surface area contributed by atoms with E-state index in [-0.39, 0.29) is 11.7 Å². The number of nitrogens with one attached hydrogen (secondary N) is 1. The summed E-state index contributed by atoms with van der Waals surface area (Å²) in [6.45, 7) is 2.17. The zero-order chi connectivity index (χ0) is 13.0. The Bertz CT molecular complexity index is 553. The third-order valence-electron chi connectivity index (χ3n) is 2.68. The molecule has 0 fully saturated rings. The molecular weight excluding hydrogens is 228 g/mol. The Hall–Kier alpha value is -2.36. The quantitative estimate of drug-likeness (QED) is 0.865. The first kappa shape index (κ1) is 12.1. The van der Waals surface area contributed by atoms with Gasteiger partial charge in [0.2, 0.25) is 0 Å². The fourth-order valence-corrected chi connectivity index (χ4v) is 1.62. The number of pyridine rings is 1. The number of nitrogens with zero attached hydrogens (tertiary/aromatic N) is 1. The first-order valence-electron chi connectivity index (χ1n) is 5.64. The van der Waals surface area contributed by atoms with Crippen molar-refractivity contribution in [3.8, 4) is 5.75 Å². The van der Waals surface area contributed by atoms with Crippen molar-refractivity contribution in [3.05, 3.63) is 59.4 Å². The SMILES string of the molecule is Cc1cccc(C(=O)NCc2ccncc2)c1O. The van der Waals surface area contributed by atoms with Gasteiger partial charge in [0.1, 0.15) is 5.75 Å². The summed E-state index contributed by atoms with van der Waals surface area (Å²) >= 11 is 0. The van der Waals surface area contributed by atoms with Crippen molar-refractivity contribution in [1.29, 1.82) is 0 Å². The Kier molecular flexibility index (Phi) is 3.57. The molecule has 0 radical (unpaired) electrons. The van der Waals surface area contributed by atoms with Crippen LogP contribution in [-0.4, -0.2) is 16.0 Å². The molecular formula is C14H14N2O2. The van der Waals surface area contributed by atoms with Crippen LogP contribution >= 0.6 is 0 Å². The molecule has 1 amide bonds. The van der Waals surface area contributed by atoms with E-state index in [2.05, 4.69) is 10.3 Å². The Balaban J connectivity index is 2.07. The standard InChI is InChI=1S/C14H14N2O2/c1-10-3-2-4-12(13(10)17)14(18)16-9-11-5-7-15-8-6-11/h2-8,17H,9H2,1H3,(H,16,18). The molecule has 1 aromatic carbocycles. The largest absolute Gasteiger partial charge is 0.507 e. The van der Waals surface area contributed by atoms with E-state index in [1.54, 1.807) is 37.5 Å². The van der Waals surface area contributed by atoms with Gasteiger partial charge in [0.05, 0.1) is 5.56 Å². The van der Waals surface area contributed by atoms with Crippen molar-refractivity contribution in [2.45, 2.75) is 13.5 Å².